The van der Waals surface area contributed by atoms with Crippen LogP contribution >= 0.6 is 0 Å². The van der Waals surface area contributed by atoms with Gasteiger partial charge in [-0.2, -0.15) is 4.73 Å². The molecule has 0 saturated heterocycles. The quantitative estimate of drug-likeness (QED) is 0.596. The Labute approximate surface area is 142 Å². The van der Waals surface area contributed by atoms with Gasteiger partial charge in [-0.05, 0) is 37.4 Å². The molecule has 2 rings (SSSR count). The van der Waals surface area contributed by atoms with Crippen molar-refractivity contribution in [1.29, 1.82) is 0 Å². The van der Waals surface area contributed by atoms with Crippen molar-refractivity contribution < 1.29 is 14.3 Å². The van der Waals surface area contributed by atoms with Crippen LogP contribution in [0, 0.1) is 5.21 Å². The second-order valence-electron chi connectivity index (χ2n) is 5.30. The van der Waals surface area contributed by atoms with Gasteiger partial charge in [-0.3, -0.25) is 4.79 Å². The molecule has 24 heavy (non-hydrogen) atoms. The number of hydrogen-bond donors (Lipinski definition) is 1. The molecular formula is C18H23N3O3. The number of pyridine rings is 1. The Bertz CT molecular complexity index is 638. The average Bonchev–Trinajstić information content (AvgIpc) is 2.60. The average molecular weight is 329 g/mol. The third kappa shape index (κ3) is 5.24. The number of anilines is 1. The van der Waals surface area contributed by atoms with Crippen molar-refractivity contribution in [1.82, 2.24) is 4.90 Å². The van der Waals surface area contributed by atoms with Gasteiger partial charge < -0.3 is 20.2 Å². The zero-order valence-electron chi connectivity index (χ0n) is 14.1. The van der Waals surface area contributed by atoms with E-state index in [9.17, 15) is 10.0 Å². The summed E-state index contributed by atoms with van der Waals surface area (Å²) >= 11 is 0. The number of carbonyl (C=O) groups is 1. The van der Waals surface area contributed by atoms with Gasteiger partial charge in [0.1, 0.15) is 12.4 Å². The summed E-state index contributed by atoms with van der Waals surface area (Å²) in [6.07, 6.45) is 2.59. The van der Waals surface area contributed by atoms with Crippen LogP contribution in [-0.4, -0.2) is 37.0 Å². The maximum absolute atomic E-state index is 12.1. The minimum atomic E-state index is -0.259. The Kier molecular flexibility index (Phi) is 6.57. The standard InChI is InChI=1S/C18H23N3O3/c1-3-20(4-2)13-14-24-17-7-5-16(6-8-17)19-18(22)15-9-11-21(23)12-10-15/h5-12H,3-4,13-14H2,1-2H3,(H,19,22). The largest absolute Gasteiger partial charge is 0.619 e. The van der Waals surface area contributed by atoms with E-state index < -0.39 is 0 Å². The fraction of sp³-hybridized carbons (Fsp3) is 0.333. The minimum Gasteiger partial charge on any atom is -0.619 e. The summed E-state index contributed by atoms with van der Waals surface area (Å²) in [7, 11) is 0. The Morgan fingerprint density at radius 1 is 1.12 bits per heavy atom. The molecular weight excluding hydrogens is 306 g/mol. The summed E-state index contributed by atoms with van der Waals surface area (Å²) in [5.74, 6) is 0.512. The Hall–Kier alpha value is -2.60. The van der Waals surface area contributed by atoms with Crippen molar-refractivity contribution in [3.05, 3.63) is 59.6 Å². The first-order chi connectivity index (χ1) is 11.6. The maximum Gasteiger partial charge on any atom is 0.256 e. The van der Waals surface area contributed by atoms with Crippen molar-refractivity contribution in [2.24, 2.45) is 0 Å². The highest BCUT2D eigenvalue weighted by molar-refractivity contribution is 6.04. The smallest absolute Gasteiger partial charge is 0.256 e. The number of hydrogen-bond acceptors (Lipinski definition) is 4. The lowest BCUT2D eigenvalue weighted by atomic mass is 10.2. The fourth-order valence-electron chi connectivity index (χ4n) is 2.23. The molecule has 0 radical (unpaired) electrons. The molecule has 1 N–H and O–H groups in total. The molecule has 0 fully saturated rings. The van der Waals surface area contributed by atoms with Gasteiger partial charge in [0, 0.05) is 24.4 Å². The second-order valence-corrected chi connectivity index (χ2v) is 5.30. The van der Waals surface area contributed by atoms with E-state index in [1.807, 2.05) is 12.1 Å². The number of carbonyl (C=O) groups excluding carboxylic acids is 1. The molecule has 2 aromatic rings. The highest BCUT2D eigenvalue weighted by atomic mass is 16.5. The summed E-state index contributed by atoms with van der Waals surface area (Å²) in [5, 5.41) is 13.8. The molecule has 1 aromatic carbocycles. The van der Waals surface area contributed by atoms with E-state index in [1.54, 1.807) is 12.1 Å². The number of rotatable bonds is 8. The summed E-state index contributed by atoms with van der Waals surface area (Å²) in [5.41, 5.74) is 1.11. The first kappa shape index (κ1) is 17.7. The predicted molar refractivity (Wildman–Crippen MR) is 93.1 cm³/mol. The number of ether oxygens (including phenoxy) is 1. The van der Waals surface area contributed by atoms with Crippen LogP contribution in [0.3, 0.4) is 0 Å². The summed E-state index contributed by atoms with van der Waals surface area (Å²) in [4.78, 5) is 14.4. The number of nitrogens with one attached hydrogen (secondary N) is 1. The Morgan fingerprint density at radius 3 is 2.33 bits per heavy atom. The predicted octanol–water partition coefficient (Wildman–Crippen LogP) is 2.29. The van der Waals surface area contributed by atoms with Gasteiger partial charge in [0.15, 0.2) is 12.4 Å². The van der Waals surface area contributed by atoms with E-state index in [-0.39, 0.29) is 5.91 Å². The first-order valence-electron chi connectivity index (χ1n) is 8.07. The van der Waals surface area contributed by atoms with Crippen LogP contribution < -0.4 is 14.8 Å². The molecule has 0 aliphatic heterocycles. The molecule has 0 aliphatic rings. The summed E-state index contributed by atoms with van der Waals surface area (Å²) in [6, 6.07) is 10.2. The Morgan fingerprint density at radius 2 is 1.75 bits per heavy atom. The first-order valence-corrected chi connectivity index (χ1v) is 8.07. The lowest BCUT2D eigenvalue weighted by molar-refractivity contribution is -0.605. The lowest BCUT2D eigenvalue weighted by Crippen LogP contribution is -2.27. The highest BCUT2D eigenvalue weighted by Gasteiger charge is 2.07. The van der Waals surface area contributed by atoms with Gasteiger partial charge >= 0.3 is 0 Å². The van der Waals surface area contributed by atoms with E-state index in [0.29, 0.717) is 22.6 Å². The molecule has 1 amide bonds. The maximum atomic E-state index is 12.1. The molecule has 1 aromatic heterocycles. The van der Waals surface area contributed by atoms with E-state index in [1.165, 1.54) is 24.5 Å². The Balaban J connectivity index is 1.85. The number of likely N-dealkylation sites (N-methyl/N-ethyl adjacent to an activating group) is 1. The molecule has 6 nitrogen and oxygen atoms in total. The van der Waals surface area contributed by atoms with Gasteiger partial charge in [0.25, 0.3) is 5.91 Å². The van der Waals surface area contributed by atoms with Crippen LogP contribution in [-0.2, 0) is 0 Å². The molecule has 0 atom stereocenters. The molecule has 6 heteroatoms. The third-order valence-electron chi connectivity index (χ3n) is 3.75. The molecule has 0 bridgehead atoms. The van der Waals surface area contributed by atoms with Crippen LogP contribution in [0.15, 0.2) is 48.8 Å². The van der Waals surface area contributed by atoms with Crippen LogP contribution in [0.25, 0.3) is 0 Å². The van der Waals surface area contributed by atoms with Crippen molar-refractivity contribution in [2.45, 2.75) is 13.8 Å². The number of amides is 1. The molecule has 0 spiro atoms. The summed E-state index contributed by atoms with van der Waals surface area (Å²) in [6.45, 7) is 7.80. The van der Waals surface area contributed by atoms with Crippen LogP contribution in [0.2, 0.25) is 0 Å². The van der Waals surface area contributed by atoms with Crippen molar-refractivity contribution >= 4 is 11.6 Å². The zero-order valence-corrected chi connectivity index (χ0v) is 14.1. The summed E-state index contributed by atoms with van der Waals surface area (Å²) < 4.78 is 6.35. The molecule has 0 aliphatic carbocycles. The number of aromatic nitrogens is 1. The van der Waals surface area contributed by atoms with E-state index in [0.717, 1.165) is 25.4 Å². The van der Waals surface area contributed by atoms with Gasteiger partial charge in [-0.25, -0.2) is 0 Å². The zero-order chi connectivity index (χ0) is 17.4. The second kappa shape index (κ2) is 8.88. The SMILES string of the molecule is CCN(CC)CCOc1ccc(NC(=O)c2cc[n+]([O-])cc2)cc1. The lowest BCUT2D eigenvalue weighted by Gasteiger charge is -2.18. The van der Waals surface area contributed by atoms with Crippen molar-refractivity contribution in [3.63, 3.8) is 0 Å². The van der Waals surface area contributed by atoms with E-state index in [2.05, 4.69) is 24.1 Å². The van der Waals surface area contributed by atoms with E-state index >= 15 is 0 Å². The van der Waals surface area contributed by atoms with Gasteiger partial charge in [-0.1, -0.05) is 13.8 Å². The normalized spacial score (nSPS) is 10.6. The van der Waals surface area contributed by atoms with Crippen molar-refractivity contribution in [2.75, 3.05) is 31.6 Å². The third-order valence-corrected chi connectivity index (χ3v) is 3.75. The van der Waals surface area contributed by atoms with E-state index in [4.69, 9.17) is 4.74 Å². The topological polar surface area (TPSA) is 68.5 Å². The van der Waals surface area contributed by atoms with Crippen LogP contribution in [0.1, 0.15) is 24.2 Å². The van der Waals surface area contributed by atoms with Gasteiger partial charge in [-0.15, -0.1) is 0 Å². The fourth-order valence-corrected chi connectivity index (χ4v) is 2.23. The molecule has 128 valence electrons. The minimum absolute atomic E-state index is 0.259. The number of benzene rings is 1. The highest BCUT2D eigenvalue weighted by Crippen LogP contribution is 2.16. The van der Waals surface area contributed by atoms with Crippen molar-refractivity contribution in [3.8, 4) is 5.75 Å². The van der Waals surface area contributed by atoms with Gasteiger partial charge in [0.05, 0.1) is 5.56 Å². The van der Waals surface area contributed by atoms with Crippen LogP contribution in [0.4, 0.5) is 5.69 Å². The molecule has 1 heterocycles. The number of nitrogens with zero attached hydrogens (tertiary/aromatic N) is 2. The molecule has 0 unspecified atom stereocenters. The van der Waals surface area contributed by atoms with Crippen LogP contribution in [0.5, 0.6) is 5.75 Å². The molecule has 0 saturated carbocycles. The monoisotopic (exact) mass is 329 g/mol. The van der Waals surface area contributed by atoms with Gasteiger partial charge in [0.2, 0.25) is 0 Å².